The minimum absolute atomic E-state index is 0.131. The van der Waals surface area contributed by atoms with E-state index in [1.807, 2.05) is 43.3 Å². The summed E-state index contributed by atoms with van der Waals surface area (Å²) in [5.41, 5.74) is 0.370. The number of hydrogen-bond donors (Lipinski definition) is 0. The molecular formula is C24H23NO5S. The lowest BCUT2D eigenvalue weighted by Gasteiger charge is -2.27. The minimum Gasteiger partial charge on any atom is -0.482 e. The smallest absolute Gasteiger partial charge is 0.349 e. The molecule has 0 bridgehead atoms. The molecule has 160 valence electrons. The zero-order valence-electron chi connectivity index (χ0n) is 17.2. The Morgan fingerprint density at radius 3 is 2.52 bits per heavy atom. The fourth-order valence-electron chi connectivity index (χ4n) is 3.42. The lowest BCUT2D eigenvalue weighted by molar-refractivity contribution is -0.139. The largest absolute Gasteiger partial charge is 0.482 e. The van der Waals surface area contributed by atoms with Crippen molar-refractivity contribution in [2.45, 2.75) is 24.7 Å². The molecule has 3 aromatic carbocycles. The van der Waals surface area contributed by atoms with Gasteiger partial charge < -0.3 is 9.47 Å². The molecule has 0 unspecified atom stereocenters. The van der Waals surface area contributed by atoms with Gasteiger partial charge in [0.25, 0.3) is 10.0 Å². The molecule has 0 N–H and O–H groups in total. The van der Waals surface area contributed by atoms with Crippen LogP contribution in [0.1, 0.15) is 25.3 Å². The maximum atomic E-state index is 12.9. The predicted octanol–water partition coefficient (Wildman–Crippen LogP) is 4.56. The highest BCUT2D eigenvalue weighted by Gasteiger charge is 2.32. The monoisotopic (exact) mass is 437 g/mol. The molecule has 3 aromatic rings. The zero-order chi connectivity index (χ0) is 21.8. The van der Waals surface area contributed by atoms with Gasteiger partial charge in [0.1, 0.15) is 5.75 Å². The molecular weight excluding hydrogens is 414 g/mol. The van der Waals surface area contributed by atoms with Gasteiger partial charge in [-0.05, 0) is 41.5 Å². The first-order chi connectivity index (χ1) is 15.0. The van der Waals surface area contributed by atoms with E-state index in [-0.39, 0.29) is 17.3 Å². The molecule has 1 aliphatic rings. The Labute approximate surface area is 181 Å². The molecule has 0 saturated heterocycles. The molecule has 7 heteroatoms. The van der Waals surface area contributed by atoms with Gasteiger partial charge in [-0.15, -0.1) is 0 Å². The standard InChI is InChI=1S/C24H23NO5S/c1-2-3-14-25-16-22(21-10-6-7-11-23(21)31(25,27)28)30-24(26)17-29-20-13-12-18-8-4-5-9-19(18)15-20/h4-13,15-16H,2-3,14,17H2,1H3. The van der Waals surface area contributed by atoms with Crippen LogP contribution in [0.4, 0.5) is 0 Å². The van der Waals surface area contributed by atoms with Crippen LogP contribution in [0.2, 0.25) is 0 Å². The first-order valence-corrected chi connectivity index (χ1v) is 11.6. The van der Waals surface area contributed by atoms with Crippen molar-refractivity contribution in [2.24, 2.45) is 0 Å². The third-order valence-corrected chi connectivity index (χ3v) is 6.85. The number of esters is 1. The van der Waals surface area contributed by atoms with E-state index in [0.717, 1.165) is 17.2 Å². The molecule has 0 fully saturated rings. The van der Waals surface area contributed by atoms with Crippen LogP contribution in [-0.2, 0) is 19.6 Å². The van der Waals surface area contributed by atoms with Gasteiger partial charge in [-0.25, -0.2) is 13.2 Å². The number of ether oxygens (including phenoxy) is 2. The molecule has 0 aromatic heterocycles. The molecule has 4 rings (SSSR count). The van der Waals surface area contributed by atoms with Gasteiger partial charge in [0.2, 0.25) is 0 Å². The van der Waals surface area contributed by atoms with Crippen molar-refractivity contribution in [3.05, 3.63) is 78.5 Å². The summed E-state index contributed by atoms with van der Waals surface area (Å²) in [6, 6.07) is 20.0. The van der Waals surface area contributed by atoms with Crippen LogP contribution in [0, 0.1) is 0 Å². The molecule has 1 heterocycles. The van der Waals surface area contributed by atoms with E-state index in [4.69, 9.17) is 9.47 Å². The Bertz CT molecular complexity index is 1250. The zero-order valence-corrected chi connectivity index (χ0v) is 18.0. The first kappa shape index (κ1) is 20.9. The van der Waals surface area contributed by atoms with Crippen molar-refractivity contribution >= 4 is 32.5 Å². The number of fused-ring (bicyclic) bond motifs is 2. The van der Waals surface area contributed by atoms with Crippen molar-refractivity contribution in [3.8, 4) is 5.75 Å². The maximum Gasteiger partial charge on any atom is 0.349 e. The van der Waals surface area contributed by atoms with Crippen LogP contribution in [0.5, 0.6) is 5.75 Å². The first-order valence-electron chi connectivity index (χ1n) is 10.1. The number of carbonyl (C=O) groups excluding carboxylic acids is 1. The summed E-state index contributed by atoms with van der Waals surface area (Å²) in [4.78, 5) is 12.6. The van der Waals surface area contributed by atoms with E-state index in [9.17, 15) is 13.2 Å². The summed E-state index contributed by atoms with van der Waals surface area (Å²) < 4.78 is 38.1. The van der Waals surface area contributed by atoms with E-state index in [1.165, 1.54) is 16.6 Å². The van der Waals surface area contributed by atoms with Crippen LogP contribution in [-0.4, -0.2) is 31.8 Å². The Morgan fingerprint density at radius 2 is 1.71 bits per heavy atom. The van der Waals surface area contributed by atoms with Gasteiger partial charge in [0.15, 0.2) is 12.4 Å². The fraction of sp³-hybridized carbons (Fsp3) is 0.208. The summed E-state index contributed by atoms with van der Waals surface area (Å²) in [6.07, 6.45) is 2.93. The molecule has 31 heavy (non-hydrogen) atoms. The lowest BCUT2D eigenvalue weighted by atomic mass is 10.1. The van der Waals surface area contributed by atoms with Gasteiger partial charge in [0.05, 0.1) is 11.1 Å². The number of benzene rings is 3. The Balaban J connectivity index is 1.51. The summed E-state index contributed by atoms with van der Waals surface area (Å²) in [6.45, 7) is 2.01. The maximum absolute atomic E-state index is 12.9. The fourth-order valence-corrected chi connectivity index (χ4v) is 4.98. The number of unbranched alkanes of at least 4 members (excludes halogenated alkanes) is 1. The Kier molecular flexibility index (Phi) is 5.95. The third kappa shape index (κ3) is 4.41. The van der Waals surface area contributed by atoms with Crippen LogP contribution >= 0.6 is 0 Å². The number of nitrogens with zero attached hydrogens (tertiary/aromatic N) is 1. The quantitative estimate of drug-likeness (QED) is 0.507. The van der Waals surface area contributed by atoms with Crippen LogP contribution in [0.25, 0.3) is 16.5 Å². The highest BCUT2D eigenvalue weighted by atomic mass is 32.2. The number of sulfonamides is 1. The summed E-state index contributed by atoms with van der Waals surface area (Å²) >= 11 is 0. The second kappa shape index (κ2) is 8.81. The van der Waals surface area contributed by atoms with Crippen molar-refractivity contribution < 1.29 is 22.7 Å². The second-order valence-corrected chi connectivity index (χ2v) is 9.09. The van der Waals surface area contributed by atoms with E-state index in [2.05, 4.69) is 0 Å². The van der Waals surface area contributed by atoms with Gasteiger partial charge in [-0.1, -0.05) is 55.8 Å². The van der Waals surface area contributed by atoms with E-state index >= 15 is 0 Å². The molecule has 0 aliphatic carbocycles. The van der Waals surface area contributed by atoms with Crippen molar-refractivity contribution in [1.29, 1.82) is 0 Å². The van der Waals surface area contributed by atoms with Crippen molar-refractivity contribution in [3.63, 3.8) is 0 Å². The summed E-state index contributed by atoms with van der Waals surface area (Å²) in [7, 11) is -3.67. The van der Waals surface area contributed by atoms with Gasteiger partial charge >= 0.3 is 5.97 Å². The van der Waals surface area contributed by atoms with Crippen LogP contribution in [0.3, 0.4) is 0 Å². The highest BCUT2D eigenvalue weighted by Crippen LogP contribution is 2.33. The van der Waals surface area contributed by atoms with Crippen molar-refractivity contribution in [2.75, 3.05) is 13.2 Å². The van der Waals surface area contributed by atoms with Gasteiger partial charge in [0, 0.05) is 12.1 Å². The molecule has 0 saturated carbocycles. The van der Waals surface area contributed by atoms with Crippen LogP contribution < -0.4 is 4.74 Å². The SMILES string of the molecule is CCCCN1C=C(OC(=O)COc2ccc3ccccc3c2)c2ccccc2S1(=O)=O. The summed E-state index contributed by atoms with van der Waals surface area (Å²) in [5.74, 6) is 0.151. The van der Waals surface area contributed by atoms with Crippen LogP contribution in [0.15, 0.2) is 77.8 Å². The Morgan fingerprint density at radius 1 is 0.968 bits per heavy atom. The molecule has 0 amide bonds. The van der Waals surface area contributed by atoms with Crippen molar-refractivity contribution in [1.82, 2.24) is 4.31 Å². The average molecular weight is 438 g/mol. The average Bonchev–Trinajstić information content (AvgIpc) is 2.78. The lowest BCUT2D eigenvalue weighted by Crippen LogP contribution is -2.32. The van der Waals surface area contributed by atoms with Gasteiger partial charge in [-0.3, -0.25) is 4.31 Å². The normalized spacial score (nSPS) is 14.6. The number of carbonyl (C=O) groups is 1. The highest BCUT2D eigenvalue weighted by molar-refractivity contribution is 7.89. The molecule has 6 nitrogen and oxygen atoms in total. The van der Waals surface area contributed by atoms with E-state index in [1.54, 1.807) is 24.3 Å². The minimum atomic E-state index is -3.67. The van der Waals surface area contributed by atoms with E-state index in [0.29, 0.717) is 24.3 Å². The molecule has 0 atom stereocenters. The number of hydrogen-bond acceptors (Lipinski definition) is 5. The Hall–Kier alpha value is -3.32. The third-order valence-electron chi connectivity index (χ3n) is 5.03. The van der Waals surface area contributed by atoms with E-state index < -0.39 is 16.0 Å². The molecule has 0 spiro atoms. The summed E-state index contributed by atoms with van der Waals surface area (Å²) in [5, 5.41) is 2.09. The molecule has 0 radical (unpaired) electrons. The van der Waals surface area contributed by atoms with Gasteiger partial charge in [-0.2, -0.15) is 0 Å². The topological polar surface area (TPSA) is 72.9 Å². The predicted molar refractivity (Wildman–Crippen MR) is 119 cm³/mol. The molecule has 1 aliphatic heterocycles. The number of rotatable bonds is 7. The second-order valence-electron chi connectivity index (χ2n) is 7.23.